The van der Waals surface area contributed by atoms with Crippen molar-refractivity contribution in [2.75, 3.05) is 13.1 Å². The van der Waals surface area contributed by atoms with Crippen LogP contribution in [0.3, 0.4) is 0 Å². The first-order valence-corrected chi connectivity index (χ1v) is 7.02. The maximum atomic E-state index is 11.9. The van der Waals surface area contributed by atoms with Gasteiger partial charge in [0.1, 0.15) is 0 Å². The molecule has 0 atom stereocenters. The Morgan fingerprint density at radius 1 is 1.18 bits per heavy atom. The van der Waals surface area contributed by atoms with E-state index in [1.807, 2.05) is 0 Å². The summed E-state index contributed by atoms with van der Waals surface area (Å²) < 4.78 is 23.9. The smallest absolute Gasteiger partial charge is 0.254 e. The number of aromatic amines is 1. The molecule has 2 heterocycles. The lowest BCUT2D eigenvalue weighted by Gasteiger charge is -2.26. The summed E-state index contributed by atoms with van der Waals surface area (Å²) in [4.78, 5) is 15.8. The molecule has 1 aliphatic heterocycles. The minimum atomic E-state index is -3.57. The van der Waals surface area contributed by atoms with E-state index in [1.165, 1.54) is 18.3 Å². The molecule has 1 aromatic heterocycles. The number of piperidine rings is 1. The summed E-state index contributed by atoms with van der Waals surface area (Å²) in [6.07, 6.45) is 4.33. The average molecular weight is 257 g/mol. The molecule has 6 nitrogen and oxygen atoms in total. The Hall–Kier alpha value is -1.18. The van der Waals surface area contributed by atoms with Crippen molar-refractivity contribution in [2.45, 2.75) is 24.2 Å². The second kappa shape index (κ2) is 4.99. The second-order valence-electron chi connectivity index (χ2n) is 4.03. The molecule has 7 heteroatoms. The van der Waals surface area contributed by atoms with Gasteiger partial charge in [0.15, 0.2) is 0 Å². The highest BCUT2D eigenvalue weighted by Crippen LogP contribution is 2.10. The Morgan fingerprint density at radius 2 is 1.88 bits per heavy atom. The Bertz CT molecular complexity index is 511. The van der Waals surface area contributed by atoms with Crippen molar-refractivity contribution in [1.29, 1.82) is 0 Å². The Balaban J connectivity index is 2.12. The molecule has 2 rings (SSSR count). The van der Waals surface area contributed by atoms with Gasteiger partial charge in [-0.1, -0.05) is 6.42 Å². The molecule has 0 radical (unpaired) electrons. The van der Waals surface area contributed by atoms with E-state index in [0.29, 0.717) is 0 Å². The van der Waals surface area contributed by atoms with Crippen molar-refractivity contribution in [3.05, 3.63) is 28.7 Å². The molecule has 0 aromatic carbocycles. The van der Waals surface area contributed by atoms with Crippen LogP contribution in [0.5, 0.6) is 0 Å². The van der Waals surface area contributed by atoms with Crippen LogP contribution in [0.1, 0.15) is 19.3 Å². The monoisotopic (exact) mass is 257 g/mol. The van der Waals surface area contributed by atoms with Crippen molar-refractivity contribution in [1.82, 2.24) is 14.8 Å². The third kappa shape index (κ3) is 3.15. The average Bonchev–Trinajstić information content (AvgIpc) is 2.30. The first kappa shape index (κ1) is 12.3. The zero-order chi connectivity index (χ0) is 12.3. The van der Waals surface area contributed by atoms with Crippen LogP contribution < -0.4 is 10.4 Å². The van der Waals surface area contributed by atoms with E-state index in [0.717, 1.165) is 32.4 Å². The number of hydrogen-bond acceptors (Lipinski definition) is 4. The van der Waals surface area contributed by atoms with Gasteiger partial charge < -0.3 is 4.98 Å². The van der Waals surface area contributed by atoms with Crippen LogP contribution >= 0.6 is 0 Å². The van der Waals surface area contributed by atoms with Crippen LogP contribution in [0.4, 0.5) is 0 Å². The van der Waals surface area contributed by atoms with E-state index in [9.17, 15) is 13.2 Å². The van der Waals surface area contributed by atoms with E-state index >= 15 is 0 Å². The molecule has 17 heavy (non-hydrogen) atoms. The first-order valence-electron chi connectivity index (χ1n) is 5.54. The summed E-state index contributed by atoms with van der Waals surface area (Å²) in [5, 5.41) is 1.70. The van der Waals surface area contributed by atoms with Gasteiger partial charge in [-0.25, -0.2) is 13.4 Å². The number of sulfonamides is 1. The van der Waals surface area contributed by atoms with Crippen molar-refractivity contribution < 1.29 is 8.42 Å². The molecule has 0 saturated carbocycles. The van der Waals surface area contributed by atoms with Crippen LogP contribution in [0.15, 0.2) is 28.0 Å². The highest BCUT2D eigenvalue weighted by molar-refractivity contribution is 7.89. The summed E-state index contributed by atoms with van der Waals surface area (Å²) >= 11 is 0. The molecule has 1 aliphatic rings. The van der Waals surface area contributed by atoms with Crippen LogP contribution in [0.25, 0.3) is 0 Å². The molecule has 1 fully saturated rings. The molecule has 94 valence electrons. The van der Waals surface area contributed by atoms with E-state index in [4.69, 9.17) is 0 Å². The normalized spacial score (nSPS) is 18.1. The minimum absolute atomic E-state index is 0.0719. The molecular formula is C10H15N3O3S. The first-order chi connectivity index (χ1) is 8.08. The Labute approximate surface area is 99.7 Å². The number of nitrogens with zero attached hydrogens (tertiary/aromatic N) is 1. The van der Waals surface area contributed by atoms with E-state index in [1.54, 1.807) is 5.01 Å². The van der Waals surface area contributed by atoms with Crippen molar-refractivity contribution in [2.24, 2.45) is 0 Å². The zero-order valence-electron chi connectivity index (χ0n) is 9.35. The third-order valence-electron chi connectivity index (χ3n) is 2.67. The lowest BCUT2D eigenvalue weighted by Crippen LogP contribution is -2.44. The van der Waals surface area contributed by atoms with Gasteiger partial charge in [-0.05, 0) is 18.9 Å². The predicted molar refractivity (Wildman–Crippen MR) is 62.8 cm³/mol. The lowest BCUT2D eigenvalue weighted by molar-refractivity contribution is 0.200. The molecule has 0 spiro atoms. The fourth-order valence-electron chi connectivity index (χ4n) is 1.77. The van der Waals surface area contributed by atoms with Crippen LogP contribution in [-0.2, 0) is 10.0 Å². The number of H-pyrrole nitrogens is 1. The van der Waals surface area contributed by atoms with E-state index in [2.05, 4.69) is 9.82 Å². The van der Waals surface area contributed by atoms with Gasteiger partial charge >= 0.3 is 0 Å². The molecule has 1 aromatic rings. The van der Waals surface area contributed by atoms with Crippen molar-refractivity contribution in [3.8, 4) is 0 Å². The molecule has 1 saturated heterocycles. The van der Waals surface area contributed by atoms with Gasteiger partial charge in [0, 0.05) is 25.4 Å². The number of pyridine rings is 1. The highest BCUT2D eigenvalue weighted by Gasteiger charge is 2.19. The summed E-state index contributed by atoms with van der Waals surface area (Å²) in [5.41, 5.74) is -0.318. The van der Waals surface area contributed by atoms with Crippen LogP contribution in [0, 0.1) is 0 Å². The SMILES string of the molecule is O=c1ccc(S(=O)(=O)NN2CCCCC2)c[nH]1. The Kier molecular flexibility index (Phi) is 3.60. The molecule has 0 amide bonds. The molecule has 0 aliphatic carbocycles. The second-order valence-corrected chi connectivity index (χ2v) is 5.69. The van der Waals surface area contributed by atoms with Crippen LogP contribution in [-0.4, -0.2) is 31.5 Å². The molecular weight excluding hydrogens is 242 g/mol. The molecule has 2 N–H and O–H groups in total. The largest absolute Gasteiger partial charge is 0.328 e. The van der Waals surface area contributed by atoms with E-state index in [-0.39, 0.29) is 10.5 Å². The van der Waals surface area contributed by atoms with Crippen molar-refractivity contribution in [3.63, 3.8) is 0 Å². The predicted octanol–water partition coefficient (Wildman–Crippen LogP) is 0.0541. The Morgan fingerprint density at radius 3 is 2.47 bits per heavy atom. The fourth-order valence-corrected chi connectivity index (χ4v) is 2.86. The maximum Gasteiger partial charge on any atom is 0.254 e. The molecule has 0 bridgehead atoms. The number of hydrogen-bond donors (Lipinski definition) is 2. The number of rotatable bonds is 3. The van der Waals surface area contributed by atoms with Crippen molar-refractivity contribution >= 4 is 10.0 Å². The topological polar surface area (TPSA) is 82.3 Å². The number of nitrogens with one attached hydrogen (secondary N) is 2. The quantitative estimate of drug-likeness (QED) is 0.802. The summed E-state index contributed by atoms with van der Waals surface area (Å²) in [6, 6.07) is 2.50. The number of aromatic nitrogens is 1. The maximum absolute atomic E-state index is 11.9. The van der Waals surface area contributed by atoms with Gasteiger partial charge in [0.25, 0.3) is 10.0 Å². The zero-order valence-corrected chi connectivity index (χ0v) is 10.2. The minimum Gasteiger partial charge on any atom is -0.328 e. The van der Waals surface area contributed by atoms with Gasteiger partial charge in [0.05, 0.1) is 4.90 Å². The lowest BCUT2D eigenvalue weighted by atomic mass is 10.2. The van der Waals surface area contributed by atoms with Crippen LogP contribution in [0.2, 0.25) is 0 Å². The van der Waals surface area contributed by atoms with Gasteiger partial charge in [-0.2, -0.15) is 0 Å². The molecule has 0 unspecified atom stereocenters. The van der Waals surface area contributed by atoms with E-state index < -0.39 is 10.0 Å². The summed E-state index contributed by atoms with van der Waals surface area (Å²) in [7, 11) is -3.57. The summed E-state index contributed by atoms with van der Waals surface area (Å²) in [6.45, 7) is 1.45. The standard InChI is InChI=1S/C10H15N3O3S/c14-10-5-4-9(8-11-10)17(15,16)12-13-6-2-1-3-7-13/h4-5,8,12H,1-3,6-7H2,(H,11,14). The van der Waals surface area contributed by atoms with Gasteiger partial charge in [-0.15, -0.1) is 4.83 Å². The van der Waals surface area contributed by atoms with Gasteiger partial charge in [0.2, 0.25) is 5.56 Å². The highest BCUT2D eigenvalue weighted by atomic mass is 32.2. The number of hydrazine groups is 1. The van der Waals surface area contributed by atoms with Gasteiger partial charge in [-0.3, -0.25) is 4.79 Å². The summed E-state index contributed by atoms with van der Waals surface area (Å²) in [5.74, 6) is 0. The third-order valence-corrected chi connectivity index (χ3v) is 4.04. The fraction of sp³-hybridized carbons (Fsp3) is 0.500.